The van der Waals surface area contributed by atoms with Gasteiger partial charge in [0.2, 0.25) is 11.9 Å². The predicted molar refractivity (Wildman–Crippen MR) is 108 cm³/mol. The second-order valence-electron chi connectivity index (χ2n) is 6.58. The maximum Gasteiger partial charge on any atom is 0.255 e. The van der Waals surface area contributed by atoms with Crippen LogP contribution in [0.25, 0.3) is 0 Å². The van der Waals surface area contributed by atoms with Gasteiger partial charge >= 0.3 is 0 Å². The van der Waals surface area contributed by atoms with Crippen LogP contribution in [0.2, 0.25) is 0 Å². The fourth-order valence-corrected chi connectivity index (χ4v) is 3.58. The van der Waals surface area contributed by atoms with Gasteiger partial charge in [0.1, 0.15) is 0 Å². The van der Waals surface area contributed by atoms with Crippen LogP contribution >= 0.6 is 15.9 Å². The molecule has 27 heavy (non-hydrogen) atoms. The van der Waals surface area contributed by atoms with Crippen molar-refractivity contribution >= 4 is 33.5 Å². The van der Waals surface area contributed by atoms with Gasteiger partial charge < -0.3 is 15.0 Å². The molecule has 1 amide bonds. The third-order valence-electron chi connectivity index (χ3n) is 4.52. The summed E-state index contributed by atoms with van der Waals surface area (Å²) in [5.74, 6) is 0.424. The molecule has 3 rings (SSSR count). The van der Waals surface area contributed by atoms with Crippen LogP contribution in [0, 0.1) is 13.8 Å². The van der Waals surface area contributed by atoms with Crippen LogP contribution in [-0.2, 0) is 16.0 Å². The second-order valence-corrected chi connectivity index (χ2v) is 7.44. The number of aromatic amines is 1. The first kappa shape index (κ1) is 19.6. The third kappa shape index (κ3) is 4.95. The molecule has 0 aliphatic carbocycles. The van der Waals surface area contributed by atoms with Crippen LogP contribution in [0.5, 0.6) is 0 Å². The lowest BCUT2D eigenvalue weighted by atomic mass is 10.1. The molecule has 1 aromatic heterocycles. The van der Waals surface area contributed by atoms with E-state index in [-0.39, 0.29) is 17.9 Å². The number of ether oxygens (including phenoxy) is 1. The predicted octanol–water partition coefficient (Wildman–Crippen LogP) is 2.56. The molecule has 8 heteroatoms. The average Bonchev–Trinajstić information content (AvgIpc) is 2.64. The van der Waals surface area contributed by atoms with E-state index in [0.717, 1.165) is 15.7 Å². The molecule has 2 N–H and O–H groups in total. The number of hydrogen-bond donors (Lipinski definition) is 2. The molecule has 144 valence electrons. The zero-order valence-corrected chi connectivity index (χ0v) is 17.1. The Labute approximate surface area is 166 Å². The molecule has 2 aromatic rings. The third-order valence-corrected chi connectivity index (χ3v) is 5.18. The Morgan fingerprint density at radius 3 is 2.74 bits per heavy atom. The van der Waals surface area contributed by atoms with Crippen LogP contribution in [0.15, 0.2) is 27.5 Å². The van der Waals surface area contributed by atoms with Gasteiger partial charge in [-0.05, 0) is 53.9 Å². The minimum Gasteiger partial charge on any atom is -0.378 e. The Bertz CT molecular complexity index is 891. The number of amides is 1. The molecule has 0 bridgehead atoms. The van der Waals surface area contributed by atoms with Gasteiger partial charge in [-0.25, -0.2) is 4.98 Å². The standard InChI is InChI=1S/C19H23BrN4O3/c1-12-3-5-16(15(20)11-12)22-17(25)6-4-14-13(2)21-19(23-18(14)26)24-7-9-27-10-8-24/h3,5,11H,4,6-10H2,1-2H3,(H,22,25)(H,21,23,26). The van der Waals surface area contributed by atoms with Crippen molar-refractivity contribution in [1.29, 1.82) is 0 Å². The molecule has 7 nitrogen and oxygen atoms in total. The Hall–Kier alpha value is -2.19. The first-order valence-electron chi connectivity index (χ1n) is 8.92. The molecule has 0 radical (unpaired) electrons. The Morgan fingerprint density at radius 1 is 1.33 bits per heavy atom. The Balaban J connectivity index is 1.65. The lowest BCUT2D eigenvalue weighted by molar-refractivity contribution is -0.116. The van der Waals surface area contributed by atoms with E-state index < -0.39 is 0 Å². The van der Waals surface area contributed by atoms with E-state index >= 15 is 0 Å². The first-order chi connectivity index (χ1) is 12.9. The van der Waals surface area contributed by atoms with E-state index in [4.69, 9.17) is 4.74 Å². The molecular formula is C19H23BrN4O3. The van der Waals surface area contributed by atoms with Crippen LogP contribution in [0.1, 0.15) is 23.2 Å². The molecule has 1 fully saturated rings. The molecule has 1 saturated heterocycles. The number of aryl methyl sites for hydroxylation is 2. The highest BCUT2D eigenvalue weighted by Crippen LogP contribution is 2.23. The largest absolute Gasteiger partial charge is 0.378 e. The highest BCUT2D eigenvalue weighted by Gasteiger charge is 2.17. The number of nitrogens with one attached hydrogen (secondary N) is 2. The first-order valence-corrected chi connectivity index (χ1v) is 9.72. The fraction of sp³-hybridized carbons (Fsp3) is 0.421. The maximum atomic E-state index is 12.5. The highest BCUT2D eigenvalue weighted by molar-refractivity contribution is 9.10. The molecule has 0 unspecified atom stereocenters. The summed E-state index contributed by atoms with van der Waals surface area (Å²) in [7, 11) is 0. The minimum atomic E-state index is -0.187. The Morgan fingerprint density at radius 2 is 2.07 bits per heavy atom. The molecule has 0 spiro atoms. The van der Waals surface area contributed by atoms with Crippen molar-refractivity contribution in [2.24, 2.45) is 0 Å². The maximum absolute atomic E-state index is 12.5. The number of nitrogens with zero attached hydrogens (tertiary/aromatic N) is 2. The van der Waals surface area contributed by atoms with Crippen molar-refractivity contribution in [2.75, 3.05) is 36.5 Å². The number of halogens is 1. The van der Waals surface area contributed by atoms with E-state index in [9.17, 15) is 9.59 Å². The topological polar surface area (TPSA) is 87.3 Å². The quantitative estimate of drug-likeness (QED) is 0.754. The Kier molecular flexibility index (Phi) is 6.28. The number of aromatic nitrogens is 2. The summed E-state index contributed by atoms with van der Waals surface area (Å²) in [6, 6.07) is 5.73. The van der Waals surface area contributed by atoms with Gasteiger partial charge in [0.25, 0.3) is 5.56 Å². The minimum absolute atomic E-state index is 0.143. The summed E-state index contributed by atoms with van der Waals surface area (Å²) in [6.45, 7) is 6.45. The fourth-order valence-electron chi connectivity index (χ4n) is 2.99. The van der Waals surface area contributed by atoms with E-state index in [1.54, 1.807) is 0 Å². The van der Waals surface area contributed by atoms with Gasteiger partial charge in [0, 0.05) is 35.2 Å². The summed E-state index contributed by atoms with van der Waals surface area (Å²) >= 11 is 3.45. The van der Waals surface area contributed by atoms with Crippen LogP contribution in [0.3, 0.4) is 0 Å². The van der Waals surface area contributed by atoms with Crippen molar-refractivity contribution < 1.29 is 9.53 Å². The van der Waals surface area contributed by atoms with Crippen molar-refractivity contribution in [3.05, 3.63) is 49.8 Å². The van der Waals surface area contributed by atoms with Crippen LogP contribution in [-0.4, -0.2) is 42.2 Å². The zero-order valence-electron chi connectivity index (χ0n) is 15.5. The summed E-state index contributed by atoms with van der Waals surface area (Å²) < 4.78 is 6.16. The van der Waals surface area contributed by atoms with E-state index in [1.165, 1.54) is 0 Å². The van der Waals surface area contributed by atoms with E-state index in [2.05, 4.69) is 31.2 Å². The van der Waals surface area contributed by atoms with Crippen molar-refractivity contribution in [3.8, 4) is 0 Å². The number of hydrogen-bond acceptors (Lipinski definition) is 5. The number of rotatable bonds is 5. The number of benzene rings is 1. The number of carbonyl (C=O) groups excluding carboxylic acids is 1. The molecule has 1 aromatic carbocycles. The molecular weight excluding hydrogens is 412 g/mol. The SMILES string of the molecule is Cc1ccc(NC(=O)CCc2c(C)nc(N3CCOCC3)[nH]c2=O)c(Br)c1. The van der Waals surface area contributed by atoms with E-state index in [1.807, 2.05) is 36.9 Å². The number of carbonyl (C=O) groups is 1. The van der Waals surface area contributed by atoms with Gasteiger partial charge in [-0.1, -0.05) is 6.07 Å². The van der Waals surface area contributed by atoms with Gasteiger partial charge in [-0.3, -0.25) is 14.6 Å². The van der Waals surface area contributed by atoms with Crippen molar-refractivity contribution in [2.45, 2.75) is 26.7 Å². The lowest BCUT2D eigenvalue weighted by Gasteiger charge is -2.27. The summed E-state index contributed by atoms with van der Waals surface area (Å²) in [5.41, 5.74) is 2.84. The molecule has 1 aliphatic rings. The lowest BCUT2D eigenvalue weighted by Crippen LogP contribution is -2.38. The van der Waals surface area contributed by atoms with Gasteiger partial charge in [-0.15, -0.1) is 0 Å². The van der Waals surface area contributed by atoms with Crippen LogP contribution < -0.4 is 15.8 Å². The monoisotopic (exact) mass is 434 g/mol. The van der Waals surface area contributed by atoms with Gasteiger partial charge in [-0.2, -0.15) is 0 Å². The summed E-state index contributed by atoms with van der Waals surface area (Å²) in [4.78, 5) is 34.1. The van der Waals surface area contributed by atoms with Gasteiger partial charge in [0.05, 0.1) is 18.9 Å². The average molecular weight is 435 g/mol. The van der Waals surface area contributed by atoms with Crippen LogP contribution in [0.4, 0.5) is 11.6 Å². The number of anilines is 2. The molecule has 2 heterocycles. The normalized spacial score (nSPS) is 14.3. The molecule has 0 atom stereocenters. The highest BCUT2D eigenvalue weighted by atomic mass is 79.9. The second kappa shape index (κ2) is 8.67. The van der Waals surface area contributed by atoms with Gasteiger partial charge in [0.15, 0.2) is 0 Å². The molecule has 0 saturated carbocycles. The smallest absolute Gasteiger partial charge is 0.255 e. The zero-order chi connectivity index (χ0) is 19.4. The van der Waals surface area contributed by atoms with Crippen molar-refractivity contribution in [3.63, 3.8) is 0 Å². The van der Waals surface area contributed by atoms with Crippen molar-refractivity contribution in [1.82, 2.24) is 9.97 Å². The summed E-state index contributed by atoms with van der Waals surface area (Å²) in [6.07, 6.45) is 0.551. The van der Waals surface area contributed by atoms with E-state index in [0.29, 0.717) is 49.9 Å². The molecule has 1 aliphatic heterocycles. The summed E-state index contributed by atoms with van der Waals surface area (Å²) in [5, 5.41) is 2.87. The number of morpholine rings is 1. The number of H-pyrrole nitrogens is 1.